The first-order valence-corrected chi connectivity index (χ1v) is 4.58. The fraction of sp³-hybridized carbons (Fsp3) is 0.900. The minimum atomic E-state index is -0.966. The van der Waals surface area contributed by atoms with E-state index in [0.29, 0.717) is 0 Å². The van der Waals surface area contributed by atoms with E-state index in [1.165, 1.54) is 6.92 Å². The Balaban J connectivity index is 4.44. The van der Waals surface area contributed by atoms with E-state index in [4.69, 9.17) is 5.11 Å². The molecular weight excluding hydrogens is 168 g/mol. The summed E-state index contributed by atoms with van der Waals surface area (Å²) in [5.74, 6) is -0.541. The molecule has 0 aliphatic rings. The number of ketones is 1. The van der Waals surface area contributed by atoms with Crippen molar-refractivity contribution in [3.8, 4) is 0 Å². The van der Waals surface area contributed by atoms with Crippen LogP contribution in [0.15, 0.2) is 0 Å². The molecule has 0 amide bonds. The molecule has 0 aromatic rings. The summed E-state index contributed by atoms with van der Waals surface area (Å²) in [4.78, 5) is 11.6. The van der Waals surface area contributed by atoms with Crippen LogP contribution < -0.4 is 0 Å². The third-order valence-electron chi connectivity index (χ3n) is 2.16. The van der Waals surface area contributed by atoms with E-state index in [2.05, 4.69) is 0 Å². The predicted molar refractivity (Wildman–Crippen MR) is 51.3 cm³/mol. The van der Waals surface area contributed by atoms with Crippen LogP contribution in [0.2, 0.25) is 0 Å². The fourth-order valence-electron chi connectivity index (χ4n) is 1.26. The highest BCUT2D eigenvalue weighted by atomic mass is 16.3. The monoisotopic (exact) mass is 188 g/mol. The van der Waals surface area contributed by atoms with Crippen molar-refractivity contribution >= 4 is 5.78 Å². The van der Waals surface area contributed by atoms with E-state index in [-0.39, 0.29) is 5.78 Å². The molecule has 13 heavy (non-hydrogen) atoms. The third kappa shape index (κ3) is 3.44. The van der Waals surface area contributed by atoms with Crippen LogP contribution in [-0.2, 0) is 4.79 Å². The molecule has 0 aliphatic carbocycles. The van der Waals surface area contributed by atoms with Crippen molar-refractivity contribution in [2.45, 2.75) is 46.8 Å². The van der Waals surface area contributed by atoms with Gasteiger partial charge in [0.2, 0.25) is 0 Å². The fourth-order valence-corrected chi connectivity index (χ4v) is 1.26. The molecule has 2 N–H and O–H groups in total. The van der Waals surface area contributed by atoms with Crippen LogP contribution in [-0.4, -0.2) is 28.2 Å². The van der Waals surface area contributed by atoms with Gasteiger partial charge in [0.05, 0.1) is 12.2 Å². The van der Waals surface area contributed by atoms with Gasteiger partial charge in [-0.15, -0.1) is 0 Å². The summed E-state index contributed by atoms with van der Waals surface area (Å²) in [6.45, 7) is 8.55. The summed E-state index contributed by atoms with van der Waals surface area (Å²) in [6.07, 6.45) is -1.83. The van der Waals surface area contributed by atoms with Crippen LogP contribution >= 0.6 is 0 Å². The van der Waals surface area contributed by atoms with Gasteiger partial charge in [-0.25, -0.2) is 0 Å². The molecule has 0 aliphatic heterocycles. The Morgan fingerprint density at radius 1 is 1.15 bits per heavy atom. The molecule has 0 unspecified atom stereocenters. The molecule has 0 aromatic heterocycles. The van der Waals surface area contributed by atoms with Crippen molar-refractivity contribution < 1.29 is 15.0 Å². The van der Waals surface area contributed by atoms with Gasteiger partial charge < -0.3 is 10.2 Å². The maximum absolute atomic E-state index is 11.6. The van der Waals surface area contributed by atoms with Gasteiger partial charge in [0.1, 0.15) is 5.78 Å². The molecular formula is C10H20O3. The van der Waals surface area contributed by atoms with Crippen molar-refractivity contribution in [2.24, 2.45) is 11.3 Å². The van der Waals surface area contributed by atoms with Crippen molar-refractivity contribution in [1.29, 1.82) is 0 Å². The molecule has 0 fully saturated rings. The number of aliphatic hydroxyl groups is 2. The zero-order chi connectivity index (χ0) is 10.8. The molecule has 0 saturated heterocycles. The molecule has 0 radical (unpaired) electrons. The maximum atomic E-state index is 11.6. The van der Waals surface area contributed by atoms with Crippen molar-refractivity contribution in [2.75, 3.05) is 0 Å². The lowest BCUT2D eigenvalue weighted by atomic mass is 9.80. The second-order valence-electron chi connectivity index (χ2n) is 4.63. The summed E-state index contributed by atoms with van der Waals surface area (Å²) < 4.78 is 0. The number of carbonyl (C=O) groups is 1. The first-order valence-electron chi connectivity index (χ1n) is 4.58. The van der Waals surface area contributed by atoms with Gasteiger partial charge in [0.15, 0.2) is 0 Å². The molecule has 0 spiro atoms. The van der Waals surface area contributed by atoms with E-state index in [9.17, 15) is 9.90 Å². The maximum Gasteiger partial charge on any atom is 0.143 e. The van der Waals surface area contributed by atoms with Gasteiger partial charge in [-0.05, 0) is 6.92 Å². The van der Waals surface area contributed by atoms with Crippen molar-refractivity contribution in [3.63, 3.8) is 0 Å². The zero-order valence-corrected chi connectivity index (χ0v) is 9.03. The van der Waals surface area contributed by atoms with Gasteiger partial charge in [0, 0.05) is 11.3 Å². The molecule has 0 saturated carbocycles. The quantitative estimate of drug-likeness (QED) is 0.694. The minimum Gasteiger partial charge on any atom is -0.391 e. The van der Waals surface area contributed by atoms with Gasteiger partial charge in [-0.2, -0.15) is 0 Å². The molecule has 0 rings (SSSR count). The number of hydrogen-bond donors (Lipinski definition) is 2. The molecule has 3 atom stereocenters. The Hall–Kier alpha value is -0.410. The first-order chi connectivity index (χ1) is 5.68. The molecule has 0 aromatic carbocycles. The van der Waals surface area contributed by atoms with E-state index < -0.39 is 23.5 Å². The predicted octanol–water partition coefficient (Wildman–Crippen LogP) is 0.979. The Morgan fingerprint density at radius 2 is 1.54 bits per heavy atom. The van der Waals surface area contributed by atoms with E-state index in [0.717, 1.165) is 0 Å². The van der Waals surface area contributed by atoms with E-state index in [1.807, 2.05) is 0 Å². The summed E-state index contributed by atoms with van der Waals surface area (Å²) in [5.41, 5.74) is -0.463. The van der Waals surface area contributed by atoms with Gasteiger partial charge >= 0.3 is 0 Å². The van der Waals surface area contributed by atoms with Gasteiger partial charge in [0.25, 0.3) is 0 Å². The standard InChI is InChI=1S/C10H20O3/c1-6(8(12)7(2)11)9(13)10(3,4)5/h6-8,11-12H,1-5H3/t6-,7+,8+/m0/s1. The van der Waals surface area contributed by atoms with Gasteiger partial charge in [-0.1, -0.05) is 27.7 Å². The van der Waals surface area contributed by atoms with E-state index in [1.54, 1.807) is 27.7 Å². The second kappa shape index (κ2) is 4.20. The third-order valence-corrected chi connectivity index (χ3v) is 2.16. The number of hydrogen-bond acceptors (Lipinski definition) is 3. The number of Topliss-reactive ketones (excluding diaryl/α,β-unsaturated/α-hetero) is 1. The highest BCUT2D eigenvalue weighted by Gasteiger charge is 2.32. The summed E-state index contributed by atoms with van der Waals surface area (Å²) in [5, 5.41) is 18.6. The van der Waals surface area contributed by atoms with Crippen LogP contribution in [0.3, 0.4) is 0 Å². The highest BCUT2D eigenvalue weighted by Crippen LogP contribution is 2.23. The van der Waals surface area contributed by atoms with Crippen molar-refractivity contribution in [1.82, 2.24) is 0 Å². The molecule has 3 nitrogen and oxygen atoms in total. The second-order valence-corrected chi connectivity index (χ2v) is 4.63. The van der Waals surface area contributed by atoms with Crippen LogP contribution in [0.4, 0.5) is 0 Å². The Bertz CT molecular complexity index is 179. The highest BCUT2D eigenvalue weighted by molar-refractivity contribution is 5.86. The summed E-state index contributed by atoms with van der Waals surface area (Å²) in [7, 11) is 0. The molecule has 78 valence electrons. The summed E-state index contributed by atoms with van der Waals surface area (Å²) >= 11 is 0. The zero-order valence-electron chi connectivity index (χ0n) is 9.03. The van der Waals surface area contributed by atoms with Crippen LogP contribution in [0, 0.1) is 11.3 Å². The SMILES string of the molecule is C[C@H](C(=O)C(C)(C)C)[C@@H](O)[C@@H](C)O. The normalized spacial score (nSPS) is 19.3. The minimum absolute atomic E-state index is 0.0269. The molecule has 3 heteroatoms. The van der Waals surface area contributed by atoms with Crippen LogP contribution in [0.25, 0.3) is 0 Å². The smallest absolute Gasteiger partial charge is 0.143 e. The van der Waals surface area contributed by atoms with Gasteiger partial charge in [-0.3, -0.25) is 4.79 Å². The number of rotatable bonds is 3. The van der Waals surface area contributed by atoms with Crippen LogP contribution in [0.5, 0.6) is 0 Å². The van der Waals surface area contributed by atoms with E-state index >= 15 is 0 Å². The molecule has 0 bridgehead atoms. The molecule has 0 heterocycles. The lowest BCUT2D eigenvalue weighted by Crippen LogP contribution is -2.39. The average molecular weight is 188 g/mol. The largest absolute Gasteiger partial charge is 0.391 e. The lowest BCUT2D eigenvalue weighted by molar-refractivity contribution is -0.136. The van der Waals surface area contributed by atoms with Crippen molar-refractivity contribution in [3.05, 3.63) is 0 Å². The lowest BCUT2D eigenvalue weighted by Gasteiger charge is -2.26. The topological polar surface area (TPSA) is 57.5 Å². The number of carbonyl (C=O) groups excluding carboxylic acids is 1. The Kier molecular flexibility index (Phi) is 4.07. The first kappa shape index (κ1) is 12.6. The number of aliphatic hydroxyl groups excluding tert-OH is 2. The average Bonchev–Trinajstić information content (AvgIpc) is 1.98. The van der Waals surface area contributed by atoms with Crippen LogP contribution in [0.1, 0.15) is 34.6 Å². The Morgan fingerprint density at radius 3 is 1.77 bits per heavy atom. The Labute approximate surface area is 79.8 Å². The summed E-state index contributed by atoms with van der Waals surface area (Å²) in [6, 6.07) is 0.